The lowest BCUT2D eigenvalue weighted by molar-refractivity contribution is -0.122. The molecule has 2 aromatic rings. The highest BCUT2D eigenvalue weighted by Gasteiger charge is 2.25. The van der Waals surface area contributed by atoms with Crippen molar-refractivity contribution in [3.63, 3.8) is 0 Å². The smallest absolute Gasteiger partial charge is 0.227 e. The number of nitrogens with one attached hydrogen (secondary N) is 2. The van der Waals surface area contributed by atoms with Gasteiger partial charge in [0.25, 0.3) is 0 Å². The Hall–Kier alpha value is -2.82. The third kappa shape index (κ3) is 4.85. The molecule has 0 unspecified atom stereocenters. The lowest BCUT2D eigenvalue weighted by Gasteiger charge is -2.24. The number of carbonyl (C=O) groups excluding carboxylic acids is 1. The molecule has 0 atom stereocenters. The van der Waals surface area contributed by atoms with Gasteiger partial charge >= 0.3 is 0 Å². The van der Waals surface area contributed by atoms with Crippen molar-refractivity contribution in [1.82, 2.24) is 0 Å². The summed E-state index contributed by atoms with van der Waals surface area (Å²) in [7, 11) is 0. The Morgan fingerprint density at radius 2 is 1.85 bits per heavy atom. The number of aliphatic imine (C=N–C) groups is 1. The number of guanidine groups is 1. The number of hydrogen-bond acceptors (Lipinski definition) is 2. The van der Waals surface area contributed by atoms with Gasteiger partial charge < -0.3 is 16.4 Å². The molecular weight excluding hydrogens is 324 g/mol. The number of carbonyl (C=O) groups is 1. The summed E-state index contributed by atoms with van der Waals surface area (Å²) in [6.07, 6.45) is 4.16. The molecule has 26 heavy (non-hydrogen) atoms. The Balaban J connectivity index is 1.56. The number of nitrogens with zero attached hydrogens (tertiary/aromatic N) is 1. The maximum absolute atomic E-state index is 12.1. The van der Waals surface area contributed by atoms with E-state index in [1.54, 1.807) is 0 Å². The summed E-state index contributed by atoms with van der Waals surface area (Å²) in [5, 5.41) is 6.09. The molecule has 2 aromatic carbocycles. The Labute approximate surface area is 154 Å². The van der Waals surface area contributed by atoms with Crippen LogP contribution < -0.4 is 16.4 Å². The first-order valence-electron chi connectivity index (χ1n) is 9.19. The van der Waals surface area contributed by atoms with Gasteiger partial charge in [0.05, 0.1) is 6.54 Å². The minimum atomic E-state index is 0.119. The third-order valence-corrected chi connectivity index (χ3v) is 4.74. The van der Waals surface area contributed by atoms with Gasteiger partial charge in [0, 0.05) is 17.3 Å². The molecule has 1 fully saturated rings. The predicted octanol–water partition coefficient (Wildman–Crippen LogP) is 3.91. The first-order valence-corrected chi connectivity index (χ1v) is 9.19. The van der Waals surface area contributed by atoms with E-state index in [1.807, 2.05) is 36.4 Å². The summed E-state index contributed by atoms with van der Waals surface area (Å²) < 4.78 is 0. The molecule has 5 heteroatoms. The highest BCUT2D eigenvalue weighted by Crippen LogP contribution is 2.27. The van der Waals surface area contributed by atoms with Crippen LogP contribution in [-0.4, -0.2) is 11.9 Å². The fraction of sp³-hybridized carbons (Fsp3) is 0.333. The number of rotatable bonds is 6. The summed E-state index contributed by atoms with van der Waals surface area (Å²) in [5.74, 6) is 0.669. The van der Waals surface area contributed by atoms with E-state index in [0.29, 0.717) is 12.5 Å². The second-order valence-corrected chi connectivity index (χ2v) is 6.69. The SMILES string of the molecule is CCc1ccc(NC(N)=NCc2cccc(NC(=O)C3CCC3)c2)cc1. The highest BCUT2D eigenvalue weighted by atomic mass is 16.1. The van der Waals surface area contributed by atoms with E-state index in [-0.39, 0.29) is 11.8 Å². The second kappa shape index (κ2) is 8.52. The number of hydrogen-bond donors (Lipinski definition) is 3. The first-order chi connectivity index (χ1) is 12.6. The van der Waals surface area contributed by atoms with Crippen LogP contribution in [0.15, 0.2) is 53.5 Å². The van der Waals surface area contributed by atoms with E-state index in [2.05, 4.69) is 34.7 Å². The van der Waals surface area contributed by atoms with Crippen molar-refractivity contribution >= 4 is 23.2 Å². The van der Waals surface area contributed by atoms with Crippen LogP contribution >= 0.6 is 0 Å². The summed E-state index contributed by atoms with van der Waals surface area (Å²) in [4.78, 5) is 16.4. The molecule has 0 bridgehead atoms. The normalized spacial score (nSPS) is 14.6. The molecule has 0 spiro atoms. The summed E-state index contributed by atoms with van der Waals surface area (Å²) >= 11 is 0. The fourth-order valence-electron chi connectivity index (χ4n) is 2.85. The van der Waals surface area contributed by atoms with Crippen molar-refractivity contribution in [1.29, 1.82) is 0 Å². The molecule has 1 amide bonds. The van der Waals surface area contributed by atoms with E-state index in [9.17, 15) is 4.79 Å². The molecule has 1 aliphatic carbocycles. The Bertz CT molecular complexity index is 779. The van der Waals surface area contributed by atoms with Crippen LogP contribution in [0.25, 0.3) is 0 Å². The van der Waals surface area contributed by atoms with Gasteiger partial charge in [-0.3, -0.25) is 4.79 Å². The van der Waals surface area contributed by atoms with E-state index in [0.717, 1.165) is 42.6 Å². The molecule has 0 aromatic heterocycles. The molecule has 0 aliphatic heterocycles. The van der Waals surface area contributed by atoms with E-state index >= 15 is 0 Å². The number of nitrogens with two attached hydrogens (primary N) is 1. The van der Waals surface area contributed by atoms with Gasteiger partial charge in [0.15, 0.2) is 5.96 Å². The summed E-state index contributed by atoms with van der Waals surface area (Å²) in [5.41, 5.74) is 10.0. The molecule has 0 radical (unpaired) electrons. The molecule has 5 nitrogen and oxygen atoms in total. The van der Waals surface area contributed by atoms with Gasteiger partial charge in [-0.25, -0.2) is 4.99 Å². The van der Waals surface area contributed by atoms with Gasteiger partial charge in [-0.1, -0.05) is 37.6 Å². The van der Waals surface area contributed by atoms with Crippen LogP contribution in [0.3, 0.4) is 0 Å². The fourth-order valence-corrected chi connectivity index (χ4v) is 2.85. The topological polar surface area (TPSA) is 79.5 Å². The van der Waals surface area contributed by atoms with Crippen molar-refractivity contribution in [3.05, 3.63) is 59.7 Å². The van der Waals surface area contributed by atoms with Crippen molar-refractivity contribution in [3.8, 4) is 0 Å². The zero-order valence-corrected chi connectivity index (χ0v) is 15.2. The van der Waals surface area contributed by atoms with Crippen molar-refractivity contribution < 1.29 is 4.79 Å². The molecule has 4 N–H and O–H groups in total. The predicted molar refractivity (Wildman–Crippen MR) is 107 cm³/mol. The van der Waals surface area contributed by atoms with Crippen molar-refractivity contribution in [2.75, 3.05) is 10.6 Å². The number of anilines is 2. The van der Waals surface area contributed by atoms with Crippen LogP contribution in [0.4, 0.5) is 11.4 Å². The van der Waals surface area contributed by atoms with Gasteiger partial charge in [0.2, 0.25) is 5.91 Å². The van der Waals surface area contributed by atoms with Crippen LogP contribution in [-0.2, 0) is 17.8 Å². The maximum Gasteiger partial charge on any atom is 0.227 e. The largest absolute Gasteiger partial charge is 0.370 e. The van der Waals surface area contributed by atoms with Crippen LogP contribution in [0.1, 0.15) is 37.3 Å². The molecule has 3 rings (SSSR count). The molecule has 0 saturated heterocycles. The van der Waals surface area contributed by atoms with E-state index < -0.39 is 0 Å². The van der Waals surface area contributed by atoms with E-state index in [1.165, 1.54) is 5.56 Å². The van der Waals surface area contributed by atoms with Crippen molar-refractivity contribution in [2.45, 2.75) is 39.2 Å². The van der Waals surface area contributed by atoms with Crippen LogP contribution in [0.5, 0.6) is 0 Å². The van der Waals surface area contributed by atoms with Crippen LogP contribution in [0.2, 0.25) is 0 Å². The summed E-state index contributed by atoms with van der Waals surface area (Å²) in [6.45, 7) is 2.58. The number of amides is 1. The van der Waals surface area contributed by atoms with Gasteiger partial charge in [-0.15, -0.1) is 0 Å². The number of aryl methyl sites for hydroxylation is 1. The van der Waals surface area contributed by atoms with Gasteiger partial charge in [-0.05, 0) is 54.7 Å². The third-order valence-electron chi connectivity index (χ3n) is 4.74. The van der Waals surface area contributed by atoms with Gasteiger partial charge in [-0.2, -0.15) is 0 Å². The van der Waals surface area contributed by atoms with Gasteiger partial charge in [0.1, 0.15) is 0 Å². The minimum Gasteiger partial charge on any atom is -0.370 e. The second-order valence-electron chi connectivity index (χ2n) is 6.69. The molecule has 136 valence electrons. The van der Waals surface area contributed by atoms with Crippen LogP contribution in [0, 0.1) is 5.92 Å². The minimum absolute atomic E-state index is 0.119. The Morgan fingerprint density at radius 3 is 2.50 bits per heavy atom. The quantitative estimate of drug-likeness (QED) is 0.546. The molecule has 1 saturated carbocycles. The van der Waals surface area contributed by atoms with E-state index in [4.69, 9.17) is 5.73 Å². The standard InChI is InChI=1S/C21H26N4O/c1-2-15-9-11-18(12-10-15)25-21(22)23-14-16-5-3-8-19(13-16)24-20(26)17-6-4-7-17/h3,5,8-13,17H,2,4,6-7,14H2,1H3,(H,24,26)(H3,22,23,25). The lowest BCUT2D eigenvalue weighted by Crippen LogP contribution is -2.28. The zero-order chi connectivity index (χ0) is 18.4. The zero-order valence-electron chi connectivity index (χ0n) is 15.2. The average Bonchev–Trinajstić information content (AvgIpc) is 2.59. The first kappa shape index (κ1) is 18.0. The molecular formula is C21H26N4O. The highest BCUT2D eigenvalue weighted by molar-refractivity contribution is 5.93. The monoisotopic (exact) mass is 350 g/mol. The van der Waals surface area contributed by atoms with Crippen molar-refractivity contribution in [2.24, 2.45) is 16.6 Å². The number of benzene rings is 2. The average molecular weight is 350 g/mol. The molecule has 1 aliphatic rings. The molecule has 0 heterocycles. The summed E-state index contributed by atoms with van der Waals surface area (Å²) in [6, 6.07) is 15.9. The maximum atomic E-state index is 12.1. The lowest BCUT2D eigenvalue weighted by atomic mass is 9.85. The Morgan fingerprint density at radius 1 is 1.08 bits per heavy atom. The Kier molecular flexibility index (Phi) is 5.89.